The van der Waals surface area contributed by atoms with Crippen molar-refractivity contribution in [2.75, 3.05) is 11.9 Å². The zero-order chi connectivity index (χ0) is 13.4. The van der Waals surface area contributed by atoms with Gasteiger partial charge in [0.2, 0.25) is 5.95 Å². The van der Waals surface area contributed by atoms with Crippen LogP contribution in [0.25, 0.3) is 10.9 Å². The van der Waals surface area contributed by atoms with Crippen LogP contribution in [-0.4, -0.2) is 27.6 Å². The van der Waals surface area contributed by atoms with Crippen LogP contribution >= 0.6 is 0 Å². The van der Waals surface area contributed by atoms with E-state index in [1.54, 1.807) is 18.3 Å². The van der Waals surface area contributed by atoms with Crippen LogP contribution in [0.4, 0.5) is 5.95 Å². The number of benzene rings is 1. The monoisotopic (exact) mass is 257 g/mol. The Bertz CT molecular complexity index is 642. The van der Waals surface area contributed by atoms with Crippen molar-refractivity contribution >= 4 is 22.8 Å². The first-order chi connectivity index (χ1) is 9.15. The van der Waals surface area contributed by atoms with E-state index in [4.69, 9.17) is 5.11 Å². The largest absolute Gasteiger partial charge is 0.478 e. The third-order valence-electron chi connectivity index (χ3n) is 3.64. The Labute approximate surface area is 110 Å². The lowest BCUT2D eigenvalue weighted by atomic mass is 10.1. The lowest BCUT2D eigenvalue weighted by Gasteiger charge is -2.06. The van der Waals surface area contributed by atoms with Crippen LogP contribution in [0.2, 0.25) is 0 Å². The molecule has 1 saturated carbocycles. The molecular weight excluding hydrogens is 242 g/mol. The molecule has 2 aromatic rings. The van der Waals surface area contributed by atoms with Gasteiger partial charge in [-0.25, -0.2) is 14.8 Å². The Hall–Kier alpha value is -2.17. The lowest BCUT2D eigenvalue weighted by molar-refractivity contribution is 0.0699. The average Bonchev–Trinajstić information content (AvgIpc) is 3.11. The molecule has 19 heavy (non-hydrogen) atoms. The first-order valence-corrected chi connectivity index (χ1v) is 6.38. The number of nitrogens with zero attached hydrogens (tertiary/aromatic N) is 2. The summed E-state index contributed by atoms with van der Waals surface area (Å²) >= 11 is 0. The van der Waals surface area contributed by atoms with Gasteiger partial charge < -0.3 is 10.4 Å². The Morgan fingerprint density at radius 2 is 2.32 bits per heavy atom. The molecule has 5 heteroatoms. The summed E-state index contributed by atoms with van der Waals surface area (Å²) in [7, 11) is 0. The highest BCUT2D eigenvalue weighted by Crippen LogP contribution is 2.37. The molecule has 0 bridgehead atoms. The summed E-state index contributed by atoms with van der Waals surface area (Å²) in [6, 6.07) is 5.08. The minimum atomic E-state index is -0.967. The van der Waals surface area contributed by atoms with Gasteiger partial charge in [-0.3, -0.25) is 0 Å². The van der Waals surface area contributed by atoms with Gasteiger partial charge in [-0.1, -0.05) is 19.1 Å². The van der Waals surface area contributed by atoms with Crippen molar-refractivity contribution in [3.05, 3.63) is 30.0 Å². The van der Waals surface area contributed by atoms with E-state index in [9.17, 15) is 4.79 Å². The van der Waals surface area contributed by atoms with Gasteiger partial charge in [-0.05, 0) is 24.3 Å². The molecule has 0 saturated heterocycles. The smallest absolute Gasteiger partial charge is 0.337 e. The fourth-order valence-corrected chi connectivity index (χ4v) is 2.22. The first kappa shape index (κ1) is 11.9. The summed E-state index contributed by atoms with van der Waals surface area (Å²) in [5.41, 5.74) is 0.694. The second-order valence-corrected chi connectivity index (χ2v) is 5.10. The van der Waals surface area contributed by atoms with Gasteiger partial charge >= 0.3 is 5.97 Å². The van der Waals surface area contributed by atoms with E-state index in [1.807, 2.05) is 6.07 Å². The van der Waals surface area contributed by atoms with Crippen LogP contribution in [0.3, 0.4) is 0 Å². The summed E-state index contributed by atoms with van der Waals surface area (Å²) in [5, 5.41) is 13.1. The van der Waals surface area contributed by atoms with E-state index in [1.165, 1.54) is 6.42 Å². The standard InChI is InChI=1S/C14H15N3O2/c1-8-5-10(8)7-16-14-15-6-9-3-2-4-11(13(18)19)12(9)17-14/h2-4,6,8,10H,5,7H2,1H3,(H,18,19)(H,15,16,17). The molecule has 2 N–H and O–H groups in total. The molecule has 1 aliphatic rings. The van der Waals surface area contributed by atoms with Crippen molar-refractivity contribution in [3.63, 3.8) is 0 Å². The molecule has 1 aromatic heterocycles. The molecule has 2 unspecified atom stereocenters. The summed E-state index contributed by atoms with van der Waals surface area (Å²) in [6.45, 7) is 3.07. The zero-order valence-corrected chi connectivity index (χ0v) is 10.6. The summed E-state index contributed by atoms with van der Waals surface area (Å²) in [4.78, 5) is 19.7. The SMILES string of the molecule is CC1CC1CNc1ncc2cccc(C(=O)O)c2n1. The van der Waals surface area contributed by atoms with Crippen LogP contribution in [0, 0.1) is 11.8 Å². The van der Waals surface area contributed by atoms with E-state index in [-0.39, 0.29) is 5.56 Å². The van der Waals surface area contributed by atoms with Crippen LogP contribution in [0.5, 0.6) is 0 Å². The number of rotatable bonds is 4. The topological polar surface area (TPSA) is 75.1 Å². The normalized spacial score (nSPS) is 21.3. The Kier molecular flexibility index (Phi) is 2.81. The highest BCUT2D eigenvalue weighted by Gasteiger charge is 2.32. The van der Waals surface area contributed by atoms with Gasteiger partial charge in [0, 0.05) is 18.1 Å². The maximum atomic E-state index is 11.2. The summed E-state index contributed by atoms with van der Waals surface area (Å²) in [5.74, 6) is 0.989. The predicted octanol–water partition coefficient (Wildman–Crippen LogP) is 2.40. The third kappa shape index (κ3) is 2.36. The quantitative estimate of drug-likeness (QED) is 0.879. The van der Waals surface area contributed by atoms with Crippen molar-refractivity contribution in [2.24, 2.45) is 11.8 Å². The number of aromatic nitrogens is 2. The molecule has 5 nitrogen and oxygen atoms in total. The fraction of sp³-hybridized carbons (Fsp3) is 0.357. The number of nitrogens with one attached hydrogen (secondary N) is 1. The van der Waals surface area contributed by atoms with Gasteiger partial charge in [0.1, 0.15) is 0 Å². The van der Waals surface area contributed by atoms with Gasteiger partial charge in [-0.2, -0.15) is 0 Å². The van der Waals surface area contributed by atoms with Crippen LogP contribution < -0.4 is 5.32 Å². The second-order valence-electron chi connectivity index (χ2n) is 5.10. The van der Waals surface area contributed by atoms with E-state index in [2.05, 4.69) is 22.2 Å². The highest BCUT2D eigenvalue weighted by molar-refractivity contribution is 6.01. The summed E-state index contributed by atoms with van der Waals surface area (Å²) in [6.07, 6.45) is 2.90. The molecule has 1 fully saturated rings. The minimum Gasteiger partial charge on any atom is -0.478 e. The average molecular weight is 257 g/mol. The first-order valence-electron chi connectivity index (χ1n) is 6.38. The van der Waals surface area contributed by atoms with Crippen molar-refractivity contribution in [3.8, 4) is 0 Å². The maximum absolute atomic E-state index is 11.2. The molecule has 98 valence electrons. The van der Waals surface area contributed by atoms with Gasteiger partial charge in [0.25, 0.3) is 0 Å². The van der Waals surface area contributed by atoms with E-state index >= 15 is 0 Å². The number of carboxylic acids is 1. The molecular formula is C14H15N3O2. The Balaban J connectivity index is 1.90. The molecule has 2 atom stereocenters. The number of hydrogen-bond donors (Lipinski definition) is 2. The zero-order valence-electron chi connectivity index (χ0n) is 10.6. The van der Waals surface area contributed by atoms with Crippen molar-refractivity contribution in [1.82, 2.24) is 9.97 Å². The van der Waals surface area contributed by atoms with Crippen LogP contribution in [0.1, 0.15) is 23.7 Å². The molecule has 0 spiro atoms. The van der Waals surface area contributed by atoms with E-state index in [0.29, 0.717) is 17.4 Å². The predicted molar refractivity (Wildman–Crippen MR) is 72.3 cm³/mol. The maximum Gasteiger partial charge on any atom is 0.337 e. The number of aromatic carboxylic acids is 1. The highest BCUT2D eigenvalue weighted by atomic mass is 16.4. The number of carbonyl (C=O) groups is 1. The Morgan fingerprint density at radius 1 is 1.53 bits per heavy atom. The second kappa shape index (κ2) is 4.50. The molecule has 1 heterocycles. The van der Waals surface area contributed by atoms with Crippen molar-refractivity contribution < 1.29 is 9.90 Å². The number of anilines is 1. The van der Waals surface area contributed by atoms with Crippen molar-refractivity contribution in [1.29, 1.82) is 0 Å². The molecule has 1 aromatic carbocycles. The molecule has 0 amide bonds. The lowest BCUT2D eigenvalue weighted by Crippen LogP contribution is -2.08. The number of carboxylic acid groups (broad SMARTS) is 1. The molecule has 3 rings (SSSR count). The van der Waals surface area contributed by atoms with E-state index in [0.717, 1.165) is 17.8 Å². The van der Waals surface area contributed by atoms with Crippen LogP contribution in [-0.2, 0) is 0 Å². The van der Waals surface area contributed by atoms with Gasteiger partial charge in [0.15, 0.2) is 0 Å². The number of para-hydroxylation sites is 1. The fourth-order valence-electron chi connectivity index (χ4n) is 2.22. The number of fused-ring (bicyclic) bond motifs is 1. The van der Waals surface area contributed by atoms with Gasteiger partial charge in [-0.15, -0.1) is 0 Å². The van der Waals surface area contributed by atoms with E-state index < -0.39 is 5.97 Å². The van der Waals surface area contributed by atoms with Crippen molar-refractivity contribution in [2.45, 2.75) is 13.3 Å². The molecule has 0 radical (unpaired) electrons. The summed E-state index contributed by atoms with van der Waals surface area (Å²) < 4.78 is 0. The van der Waals surface area contributed by atoms with Gasteiger partial charge in [0.05, 0.1) is 11.1 Å². The van der Waals surface area contributed by atoms with Crippen LogP contribution in [0.15, 0.2) is 24.4 Å². The Morgan fingerprint density at radius 3 is 3.00 bits per heavy atom. The molecule has 1 aliphatic carbocycles. The minimum absolute atomic E-state index is 0.211. The molecule has 0 aliphatic heterocycles. The third-order valence-corrected chi connectivity index (χ3v) is 3.64. The number of hydrogen-bond acceptors (Lipinski definition) is 4.